The average Bonchev–Trinajstić information content (AvgIpc) is 3.36. The number of carboxylic acid groups (broad SMARTS) is 1. The van der Waals surface area contributed by atoms with E-state index in [9.17, 15) is 9.59 Å². The molecule has 0 bridgehead atoms. The lowest BCUT2D eigenvalue weighted by Gasteiger charge is -2.32. The average molecular weight is 296 g/mol. The molecule has 0 atom stereocenters. The third-order valence-electron chi connectivity index (χ3n) is 5.10. The maximum atomic E-state index is 12.2. The molecule has 6 nitrogen and oxygen atoms in total. The van der Waals surface area contributed by atoms with E-state index in [4.69, 9.17) is 9.84 Å². The standard InChI is InChI=1S/C15H24N2O4/c18-13(19)9-21-12-3-7-17(8-4-12)14(20)16-10-15(5-6-15)11-1-2-11/h11-12H,1-10H2,(H,16,20)(H,18,19). The summed E-state index contributed by atoms with van der Waals surface area (Å²) < 4.78 is 5.28. The minimum absolute atomic E-state index is 0.0265. The summed E-state index contributed by atoms with van der Waals surface area (Å²) in [5.74, 6) is -0.0852. The van der Waals surface area contributed by atoms with Crippen LogP contribution in [0.15, 0.2) is 0 Å². The normalized spacial score (nSPS) is 24.7. The summed E-state index contributed by atoms with van der Waals surface area (Å²) >= 11 is 0. The molecular weight excluding hydrogens is 272 g/mol. The van der Waals surface area contributed by atoms with Crippen molar-refractivity contribution >= 4 is 12.0 Å². The number of piperidine rings is 1. The first-order valence-corrected chi connectivity index (χ1v) is 7.95. The number of hydrogen-bond donors (Lipinski definition) is 2. The highest BCUT2D eigenvalue weighted by Crippen LogP contribution is 2.60. The molecule has 0 aromatic rings. The molecule has 0 aromatic carbocycles. The van der Waals surface area contributed by atoms with Crippen LogP contribution < -0.4 is 5.32 Å². The lowest BCUT2D eigenvalue weighted by molar-refractivity contribution is -0.145. The SMILES string of the molecule is O=C(O)COC1CCN(C(=O)NCC2(C3CC3)CC2)CC1. The molecule has 6 heteroatoms. The zero-order valence-corrected chi connectivity index (χ0v) is 12.3. The van der Waals surface area contributed by atoms with Crippen LogP contribution >= 0.6 is 0 Å². The Morgan fingerprint density at radius 1 is 1.19 bits per heavy atom. The van der Waals surface area contributed by atoms with Crippen molar-refractivity contribution in [2.75, 3.05) is 26.2 Å². The van der Waals surface area contributed by atoms with Crippen LogP contribution in [0, 0.1) is 11.3 Å². The van der Waals surface area contributed by atoms with Crippen LogP contribution in [0.4, 0.5) is 4.79 Å². The van der Waals surface area contributed by atoms with E-state index in [1.807, 2.05) is 4.90 Å². The second-order valence-corrected chi connectivity index (χ2v) is 6.69. The number of ether oxygens (including phenoxy) is 1. The van der Waals surface area contributed by atoms with Crippen molar-refractivity contribution in [3.63, 3.8) is 0 Å². The Kier molecular flexibility index (Phi) is 4.06. The Bertz CT molecular complexity index is 410. The molecule has 1 heterocycles. The minimum atomic E-state index is -0.940. The fourth-order valence-corrected chi connectivity index (χ4v) is 3.36. The van der Waals surface area contributed by atoms with Crippen LogP contribution in [0.3, 0.4) is 0 Å². The molecule has 2 aliphatic carbocycles. The van der Waals surface area contributed by atoms with Gasteiger partial charge in [0.2, 0.25) is 0 Å². The van der Waals surface area contributed by atoms with Crippen LogP contribution in [0.2, 0.25) is 0 Å². The highest BCUT2D eigenvalue weighted by atomic mass is 16.5. The molecule has 3 rings (SSSR count). The first-order valence-electron chi connectivity index (χ1n) is 7.95. The highest BCUT2D eigenvalue weighted by molar-refractivity contribution is 5.74. The lowest BCUT2D eigenvalue weighted by Crippen LogP contribution is -2.47. The summed E-state index contributed by atoms with van der Waals surface area (Å²) in [5.41, 5.74) is 0.429. The summed E-state index contributed by atoms with van der Waals surface area (Å²) in [6.07, 6.45) is 6.60. The molecule has 21 heavy (non-hydrogen) atoms. The molecule has 1 saturated heterocycles. The van der Waals surface area contributed by atoms with Crippen LogP contribution in [0.25, 0.3) is 0 Å². The molecule has 0 aromatic heterocycles. The Labute approximate surface area is 124 Å². The number of nitrogens with one attached hydrogen (secondary N) is 1. The topological polar surface area (TPSA) is 78.9 Å². The molecule has 3 fully saturated rings. The number of amides is 2. The predicted molar refractivity (Wildman–Crippen MR) is 76.0 cm³/mol. The fraction of sp³-hybridized carbons (Fsp3) is 0.867. The van der Waals surface area contributed by atoms with Gasteiger partial charge in [-0.1, -0.05) is 0 Å². The number of urea groups is 1. The molecular formula is C15H24N2O4. The smallest absolute Gasteiger partial charge is 0.329 e. The van der Waals surface area contributed by atoms with E-state index in [-0.39, 0.29) is 18.7 Å². The summed E-state index contributed by atoms with van der Waals surface area (Å²) in [6.45, 7) is 1.87. The van der Waals surface area contributed by atoms with Crippen LogP contribution in [0.5, 0.6) is 0 Å². The molecule has 3 aliphatic rings. The van der Waals surface area contributed by atoms with E-state index in [2.05, 4.69) is 5.32 Å². The third kappa shape index (κ3) is 3.67. The van der Waals surface area contributed by atoms with E-state index >= 15 is 0 Å². The molecule has 118 valence electrons. The van der Waals surface area contributed by atoms with Gasteiger partial charge in [0.1, 0.15) is 6.61 Å². The van der Waals surface area contributed by atoms with Crippen molar-refractivity contribution in [1.82, 2.24) is 10.2 Å². The maximum Gasteiger partial charge on any atom is 0.329 e. The number of aliphatic carboxylic acids is 1. The van der Waals surface area contributed by atoms with Gasteiger partial charge in [-0.15, -0.1) is 0 Å². The van der Waals surface area contributed by atoms with Crippen molar-refractivity contribution in [3.8, 4) is 0 Å². The summed E-state index contributed by atoms with van der Waals surface area (Å²) in [7, 11) is 0. The van der Waals surface area contributed by atoms with Crippen LogP contribution in [0.1, 0.15) is 38.5 Å². The van der Waals surface area contributed by atoms with Gasteiger partial charge in [0.25, 0.3) is 0 Å². The summed E-state index contributed by atoms with van der Waals surface area (Å²) in [5, 5.41) is 11.7. The number of carbonyl (C=O) groups is 2. The van der Waals surface area contributed by atoms with E-state index < -0.39 is 5.97 Å². The number of rotatable bonds is 6. The van der Waals surface area contributed by atoms with E-state index in [0.29, 0.717) is 31.3 Å². The minimum Gasteiger partial charge on any atom is -0.480 e. The number of nitrogens with zero attached hydrogens (tertiary/aromatic N) is 1. The Morgan fingerprint density at radius 2 is 1.86 bits per heavy atom. The second-order valence-electron chi connectivity index (χ2n) is 6.69. The van der Waals surface area contributed by atoms with Crippen molar-refractivity contribution in [3.05, 3.63) is 0 Å². The van der Waals surface area contributed by atoms with Gasteiger partial charge in [-0.05, 0) is 49.9 Å². The Morgan fingerprint density at radius 3 is 2.38 bits per heavy atom. The Hall–Kier alpha value is -1.30. The van der Waals surface area contributed by atoms with Crippen LogP contribution in [-0.2, 0) is 9.53 Å². The van der Waals surface area contributed by atoms with Crippen molar-refractivity contribution in [1.29, 1.82) is 0 Å². The zero-order valence-electron chi connectivity index (χ0n) is 12.3. The quantitative estimate of drug-likeness (QED) is 0.777. The van der Waals surface area contributed by atoms with Gasteiger partial charge in [0.05, 0.1) is 6.10 Å². The van der Waals surface area contributed by atoms with Gasteiger partial charge < -0.3 is 20.1 Å². The second kappa shape index (κ2) is 5.83. The fourth-order valence-electron chi connectivity index (χ4n) is 3.36. The number of carboxylic acids is 1. The molecule has 2 saturated carbocycles. The first kappa shape index (κ1) is 14.6. The largest absolute Gasteiger partial charge is 0.480 e. The molecule has 0 unspecified atom stereocenters. The van der Waals surface area contributed by atoms with Gasteiger partial charge in [-0.25, -0.2) is 9.59 Å². The summed E-state index contributed by atoms with van der Waals surface area (Å²) in [6, 6.07) is 0.0265. The monoisotopic (exact) mass is 296 g/mol. The number of carbonyl (C=O) groups excluding carboxylic acids is 1. The van der Waals surface area contributed by atoms with Gasteiger partial charge in [-0.2, -0.15) is 0 Å². The maximum absolute atomic E-state index is 12.2. The molecule has 0 spiro atoms. The third-order valence-corrected chi connectivity index (χ3v) is 5.10. The molecule has 2 amide bonds. The lowest BCUT2D eigenvalue weighted by atomic mass is 10.0. The first-order chi connectivity index (χ1) is 10.1. The molecule has 2 N–H and O–H groups in total. The number of hydrogen-bond acceptors (Lipinski definition) is 3. The summed E-state index contributed by atoms with van der Waals surface area (Å²) in [4.78, 5) is 24.5. The van der Waals surface area contributed by atoms with E-state index in [0.717, 1.165) is 12.5 Å². The van der Waals surface area contributed by atoms with Gasteiger partial charge in [-0.3, -0.25) is 0 Å². The van der Waals surface area contributed by atoms with E-state index in [1.54, 1.807) is 0 Å². The molecule has 0 radical (unpaired) electrons. The van der Waals surface area contributed by atoms with Crippen molar-refractivity contribution in [2.45, 2.75) is 44.6 Å². The van der Waals surface area contributed by atoms with Gasteiger partial charge in [0, 0.05) is 19.6 Å². The zero-order chi connectivity index (χ0) is 14.9. The van der Waals surface area contributed by atoms with Crippen molar-refractivity contribution < 1.29 is 19.4 Å². The molecule has 1 aliphatic heterocycles. The van der Waals surface area contributed by atoms with Gasteiger partial charge in [0.15, 0.2) is 0 Å². The van der Waals surface area contributed by atoms with Gasteiger partial charge >= 0.3 is 12.0 Å². The highest BCUT2D eigenvalue weighted by Gasteiger charge is 2.53. The number of likely N-dealkylation sites (tertiary alicyclic amines) is 1. The predicted octanol–water partition coefficient (Wildman–Crippen LogP) is 1.45. The Balaban J connectivity index is 1.36. The van der Waals surface area contributed by atoms with Crippen LogP contribution in [-0.4, -0.2) is 54.4 Å². The van der Waals surface area contributed by atoms with Crippen molar-refractivity contribution in [2.24, 2.45) is 11.3 Å². The van der Waals surface area contributed by atoms with E-state index in [1.165, 1.54) is 25.7 Å².